The Morgan fingerprint density at radius 1 is 1.46 bits per heavy atom. The predicted octanol–water partition coefficient (Wildman–Crippen LogP) is 4.07. The molecule has 1 saturated heterocycles. The van der Waals surface area contributed by atoms with Gasteiger partial charge in [0.1, 0.15) is 6.61 Å². The number of diazo groups is 1. The SMILES string of the molecule is C=C(O[Si](C)(C)C(C)(C)C)/C([N+]#N)=C(/O)O[C@H]1C(=O)OCC1(C)C. The molecule has 1 rings (SSSR count). The summed E-state index contributed by atoms with van der Waals surface area (Å²) in [7, 11) is -2.24. The molecule has 0 saturated carbocycles. The highest BCUT2D eigenvalue weighted by Crippen LogP contribution is 2.39. The molecule has 0 amide bonds. The topological polar surface area (TPSA) is 93.1 Å². The molecule has 1 fully saturated rings. The largest absolute Gasteiger partial charge is 0.538 e. The first-order chi connectivity index (χ1) is 10.7. The molecular formula is C16H27N2O5Si+. The zero-order valence-corrected chi connectivity index (χ0v) is 16.5. The lowest BCUT2D eigenvalue weighted by Crippen LogP contribution is -2.40. The van der Waals surface area contributed by atoms with E-state index in [-0.39, 0.29) is 23.1 Å². The summed E-state index contributed by atoms with van der Waals surface area (Å²) in [5.41, 5.74) is -0.955. The van der Waals surface area contributed by atoms with Gasteiger partial charge in [-0.1, -0.05) is 34.6 Å². The van der Waals surface area contributed by atoms with E-state index in [1.165, 1.54) is 0 Å². The third-order valence-corrected chi connectivity index (χ3v) is 8.86. The third-order valence-electron chi connectivity index (χ3n) is 4.49. The summed E-state index contributed by atoms with van der Waals surface area (Å²) in [5, 5.41) is 19.3. The Balaban J connectivity index is 3.02. The second kappa shape index (κ2) is 6.47. The van der Waals surface area contributed by atoms with E-state index in [4.69, 9.17) is 13.9 Å². The van der Waals surface area contributed by atoms with Gasteiger partial charge in [0.05, 0.1) is 0 Å². The number of nitrogens with zero attached hydrogens (tertiary/aromatic N) is 2. The van der Waals surface area contributed by atoms with Crippen LogP contribution >= 0.6 is 0 Å². The minimum Gasteiger partial charge on any atom is -0.538 e. The molecule has 0 aliphatic carbocycles. The monoisotopic (exact) mass is 355 g/mol. The fourth-order valence-corrected chi connectivity index (χ4v) is 2.85. The van der Waals surface area contributed by atoms with Crippen LogP contribution in [0.25, 0.3) is 4.98 Å². The first-order valence-electron chi connectivity index (χ1n) is 7.73. The van der Waals surface area contributed by atoms with Crippen molar-refractivity contribution in [1.29, 1.82) is 5.39 Å². The predicted molar refractivity (Wildman–Crippen MR) is 91.8 cm³/mol. The number of rotatable bonds is 5. The number of carbonyl (C=O) groups excluding carboxylic acids is 1. The number of ether oxygens (including phenoxy) is 2. The van der Waals surface area contributed by atoms with Crippen LogP contribution in [0, 0.1) is 10.8 Å². The molecule has 0 aromatic rings. The van der Waals surface area contributed by atoms with Crippen molar-refractivity contribution in [3.05, 3.63) is 29.0 Å². The fraction of sp³-hybridized carbons (Fsp3) is 0.688. The highest BCUT2D eigenvalue weighted by Gasteiger charge is 2.48. The molecule has 0 unspecified atom stereocenters. The van der Waals surface area contributed by atoms with Crippen molar-refractivity contribution in [2.45, 2.75) is 58.9 Å². The minimum atomic E-state index is -2.24. The van der Waals surface area contributed by atoms with Gasteiger partial charge in [-0.05, 0) is 24.7 Å². The van der Waals surface area contributed by atoms with Crippen molar-refractivity contribution in [1.82, 2.24) is 0 Å². The fourth-order valence-electron chi connectivity index (χ4n) is 1.83. The smallest absolute Gasteiger partial charge is 0.503 e. The van der Waals surface area contributed by atoms with Gasteiger partial charge in [0, 0.05) is 5.41 Å². The Kier molecular flexibility index (Phi) is 5.40. The molecule has 1 N–H and O–H groups in total. The first kappa shape index (κ1) is 20.0. The van der Waals surface area contributed by atoms with Crippen molar-refractivity contribution in [2.75, 3.05) is 6.61 Å². The quantitative estimate of drug-likeness (QED) is 0.263. The van der Waals surface area contributed by atoms with Crippen molar-refractivity contribution < 1.29 is 23.8 Å². The molecule has 7 nitrogen and oxygen atoms in total. The van der Waals surface area contributed by atoms with E-state index in [1.54, 1.807) is 13.8 Å². The van der Waals surface area contributed by atoms with Crippen LogP contribution in [0.4, 0.5) is 0 Å². The van der Waals surface area contributed by atoms with Crippen LogP contribution in [0.1, 0.15) is 34.6 Å². The summed E-state index contributed by atoms with van der Waals surface area (Å²) in [6.45, 7) is 17.5. The van der Waals surface area contributed by atoms with Crippen molar-refractivity contribution in [3.63, 3.8) is 0 Å². The second-order valence-electron chi connectivity index (χ2n) is 8.13. The molecular weight excluding hydrogens is 328 g/mol. The van der Waals surface area contributed by atoms with E-state index < -0.39 is 31.8 Å². The average molecular weight is 355 g/mol. The molecule has 0 radical (unpaired) electrons. The maximum absolute atomic E-state index is 11.7. The highest BCUT2D eigenvalue weighted by molar-refractivity contribution is 6.74. The zero-order chi connectivity index (χ0) is 18.9. The van der Waals surface area contributed by atoms with Gasteiger partial charge in [-0.2, -0.15) is 0 Å². The van der Waals surface area contributed by atoms with Crippen LogP contribution < -0.4 is 0 Å². The van der Waals surface area contributed by atoms with Crippen LogP contribution in [0.5, 0.6) is 0 Å². The number of hydrogen-bond acceptors (Lipinski definition) is 6. The number of cyclic esters (lactones) is 1. The molecule has 134 valence electrons. The third kappa shape index (κ3) is 4.09. The van der Waals surface area contributed by atoms with Gasteiger partial charge in [-0.15, -0.1) is 0 Å². The van der Waals surface area contributed by atoms with Crippen LogP contribution in [-0.4, -0.2) is 32.1 Å². The number of aliphatic hydroxyl groups is 1. The second-order valence-corrected chi connectivity index (χ2v) is 12.9. The molecule has 24 heavy (non-hydrogen) atoms. The van der Waals surface area contributed by atoms with Crippen molar-refractivity contribution >= 4 is 14.3 Å². The molecule has 0 spiro atoms. The standard InChI is InChI=1S/C16H26N2O5Si/c1-10(23-24(7,8)15(2,3)4)11(18-17)13(19)22-12-14(20)21-9-16(12,5)6/h12H,1,9H2,2-8H3/p+1/b13-11+/t12-/m0/s1. The Bertz CT molecular complexity index is 611. The van der Waals surface area contributed by atoms with Crippen LogP contribution in [0.2, 0.25) is 18.1 Å². The van der Waals surface area contributed by atoms with Gasteiger partial charge in [0.25, 0.3) is 8.32 Å². The lowest BCUT2D eigenvalue weighted by atomic mass is 9.90. The number of carbonyl (C=O) groups is 1. The van der Waals surface area contributed by atoms with E-state index in [1.807, 2.05) is 33.9 Å². The molecule has 1 atom stereocenters. The summed E-state index contributed by atoms with van der Waals surface area (Å²) in [6.07, 6.45) is -1.00. The van der Waals surface area contributed by atoms with Gasteiger partial charge < -0.3 is 19.0 Å². The van der Waals surface area contributed by atoms with E-state index in [0.717, 1.165) is 0 Å². The maximum atomic E-state index is 11.7. The van der Waals surface area contributed by atoms with E-state index in [2.05, 4.69) is 11.6 Å². The van der Waals surface area contributed by atoms with Crippen molar-refractivity contribution in [3.8, 4) is 0 Å². The Morgan fingerprint density at radius 2 is 2.00 bits per heavy atom. The molecule has 0 aromatic heterocycles. The Morgan fingerprint density at radius 3 is 2.38 bits per heavy atom. The molecule has 0 aromatic carbocycles. The number of aliphatic hydroxyl groups excluding tert-OH is 1. The molecule has 0 bridgehead atoms. The van der Waals surface area contributed by atoms with E-state index >= 15 is 0 Å². The van der Waals surface area contributed by atoms with Gasteiger partial charge in [-0.25, -0.2) is 4.79 Å². The van der Waals surface area contributed by atoms with E-state index in [0.29, 0.717) is 0 Å². The summed E-state index contributed by atoms with van der Waals surface area (Å²) >= 11 is 0. The van der Waals surface area contributed by atoms with Crippen LogP contribution in [-0.2, 0) is 18.7 Å². The van der Waals surface area contributed by atoms with Gasteiger partial charge in [0.2, 0.25) is 17.3 Å². The normalized spacial score (nSPS) is 21.4. The molecule has 1 aliphatic rings. The van der Waals surface area contributed by atoms with E-state index in [9.17, 15) is 15.3 Å². The number of hydrogen-bond donors (Lipinski definition) is 1. The van der Waals surface area contributed by atoms with Gasteiger partial charge in [0.15, 0.2) is 4.98 Å². The minimum absolute atomic E-state index is 0.00855. The maximum Gasteiger partial charge on any atom is 0.503 e. The highest BCUT2D eigenvalue weighted by atomic mass is 28.4. The van der Waals surface area contributed by atoms with Crippen LogP contribution in [0.15, 0.2) is 24.0 Å². The zero-order valence-electron chi connectivity index (χ0n) is 15.5. The average Bonchev–Trinajstić information content (AvgIpc) is 2.64. The first-order valence-corrected chi connectivity index (χ1v) is 10.6. The number of esters is 1. The molecule has 8 heteroatoms. The lowest BCUT2D eigenvalue weighted by molar-refractivity contribution is -0.148. The summed E-state index contributed by atoms with van der Waals surface area (Å²) < 4.78 is 16.1. The van der Waals surface area contributed by atoms with Gasteiger partial charge >= 0.3 is 17.6 Å². The molecule has 1 heterocycles. The summed E-state index contributed by atoms with van der Waals surface area (Å²) in [4.78, 5) is 14.8. The van der Waals surface area contributed by atoms with Crippen LogP contribution in [0.3, 0.4) is 0 Å². The molecule has 1 aliphatic heterocycles. The van der Waals surface area contributed by atoms with Crippen molar-refractivity contribution in [2.24, 2.45) is 5.41 Å². The van der Waals surface area contributed by atoms with Gasteiger partial charge in [-0.3, -0.25) is 0 Å². The summed E-state index contributed by atoms with van der Waals surface area (Å²) in [5.74, 6) is -1.32. The Hall–Kier alpha value is -2.01. The summed E-state index contributed by atoms with van der Waals surface area (Å²) in [6, 6.07) is 0. The Labute approximate surface area is 144 Å². The lowest BCUT2D eigenvalue weighted by Gasteiger charge is -2.35.